The number of hydrogen-bond donors (Lipinski definition) is 1. The van der Waals surface area contributed by atoms with Crippen LogP contribution in [0.15, 0.2) is 0 Å². The van der Waals surface area contributed by atoms with Crippen LogP contribution in [0.1, 0.15) is 46.0 Å². The lowest BCUT2D eigenvalue weighted by Crippen LogP contribution is -2.38. The lowest BCUT2D eigenvalue weighted by Gasteiger charge is -2.28. The number of hydrogen-bond acceptors (Lipinski definition) is 3. The fraction of sp³-hybridized carbons (Fsp3) is 0.923. The molecule has 0 aromatic carbocycles. The van der Waals surface area contributed by atoms with Crippen LogP contribution in [0.4, 0.5) is 0 Å². The molecule has 0 heterocycles. The largest absolute Gasteiger partial charge is 0.466 e. The van der Waals surface area contributed by atoms with Gasteiger partial charge in [-0.15, -0.1) is 0 Å². The van der Waals surface area contributed by atoms with E-state index in [-0.39, 0.29) is 11.9 Å². The predicted molar refractivity (Wildman–Crippen MR) is 63.1 cm³/mol. The summed E-state index contributed by atoms with van der Waals surface area (Å²) >= 11 is 0. The van der Waals surface area contributed by atoms with Crippen molar-refractivity contribution in [2.45, 2.75) is 58.0 Å². The zero-order valence-electron chi connectivity index (χ0n) is 10.4. The second-order valence-electron chi connectivity index (χ2n) is 5.30. The molecule has 0 aromatic heterocycles. The summed E-state index contributed by atoms with van der Waals surface area (Å²) in [5.41, 5.74) is 0. The molecule has 2 aliphatic carbocycles. The Bertz CT molecular complexity index is 254. The fourth-order valence-electron chi connectivity index (χ4n) is 2.67. The van der Waals surface area contributed by atoms with Crippen molar-refractivity contribution in [3.63, 3.8) is 0 Å². The van der Waals surface area contributed by atoms with Gasteiger partial charge in [0.2, 0.25) is 0 Å². The van der Waals surface area contributed by atoms with Gasteiger partial charge >= 0.3 is 5.97 Å². The monoisotopic (exact) mass is 225 g/mol. The molecule has 0 bridgehead atoms. The molecule has 0 aliphatic heterocycles. The van der Waals surface area contributed by atoms with E-state index in [1.807, 2.05) is 6.92 Å². The second-order valence-corrected chi connectivity index (χ2v) is 5.30. The summed E-state index contributed by atoms with van der Waals surface area (Å²) in [4.78, 5) is 11.7. The molecule has 3 nitrogen and oxygen atoms in total. The van der Waals surface area contributed by atoms with Gasteiger partial charge in [0.25, 0.3) is 0 Å². The summed E-state index contributed by atoms with van der Waals surface area (Å²) in [6.45, 7) is 4.67. The first-order valence-corrected chi connectivity index (χ1v) is 6.63. The Morgan fingerprint density at radius 3 is 2.75 bits per heavy atom. The van der Waals surface area contributed by atoms with Gasteiger partial charge < -0.3 is 10.1 Å². The predicted octanol–water partition coefficient (Wildman–Crippen LogP) is 2.11. The van der Waals surface area contributed by atoms with Gasteiger partial charge in [-0.3, -0.25) is 4.79 Å². The number of rotatable bonds is 4. The maximum absolute atomic E-state index is 11.7. The summed E-state index contributed by atoms with van der Waals surface area (Å²) < 4.78 is 5.10. The highest BCUT2D eigenvalue weighted by Crippen LogP contribution is 2.33. The van der Waals surface area contributed by atoms with Gasteiger partial charge in [-0.1, -0.05) is 13.3 Å². The first-order valence-electron chi connectivity index (χ1n) is 6.63. The molecule has 3 heteroatoms. The Hall–Kier alpha value is -0.570. The van der Waals surface area contributed by atoms with Crippen molar-refractivity contribution in [3.8, 4) is 0 Å². The number of ether oxygens (including phenoxy) is 1. The molecule has 16 heavy (non-hydrogen) atoms. The molecule has 0 amide bonds. The van der Waals surface area contributed by atoms with Crippen molar-refractivity contribution in [1.29, 1.82) is 0 Å². The van der Waals surface area contributed by atoms with Crippen LogP contribution in [0.3, 0.4) is 0 Å². The molecule has 2 aliphatic rings. The molecule has 2 fully saturated rings. The molecular formula is C13H23NO2. The van der Waals surface area contributed by atoms with E-state index in [1.54, 1.807) is 0 Å². The van der Waals surface area contributed by atoms with Crippen LogP contribution in [-0.2, 0) is 9.53 Å². The average molecular weight is 225 g/mol. The Kier molecular flexibility index (Phi) is 3.85. The third-order valence-electron chi connectivity index (χ3n) is 3.85. The minimum Gasteiger partial charge on any atom is -0.466 e. The summed E-state index contributed by atoms with van der Waals surface area (Å²) in [7, 11) is 0. The molecule has 2 rings (SSSR count). The number of carbonyl (C=O) groups is 1. The Morgan fingerprint density at radius 1 is 1.38 bits per heavy atom. The maximum Gasteiger partial charge on any atom is 0.308 e. The lowest BCUT2D eigenvalue weighted by molar-refractivity contribution is -0.149. The summed E-state index contributed by atoms with van der Waals surface area (Å²) in [6, 6.07) is 1.25. The Labute approximate surface area is 97.9 Å². The van der Waals surface area contributed by atoms with Crippen LogP contribution in [-0.4, -0.2) is 24.7 Å². The van der Waals surface area contributed by atoms with Gasteiger partial charge in [0.1, 0.15) is 0 Å². The summed E-state index contributed by atoms with van der Waals surface area (Å²) in [5, 5.41) is 3.66. The third-order valence-corrected chi connectivity index (χ3v) is 3.85. The lowest BCUT2D eigenvalue weighted by atomic mass is 9.85. The smallest absolute Gasteiger partial charge is 0.308 e. The van der Waals surface area contributed by atoms with Gasteiger partial charge in [0.15, 0.2) is 0 Å². The molecule has 92 valence electrons. The first-order chi connectivity index (χ1) is 7.70. The Balaban J connectivity index is 1.77. The van der Waals surface area contributed by atoms with E-state index in [1.165, 1.54) is 12.8 Å². The second kappa shape index (κ2) is 5.17. The maximum atomic E-state index is 11.7. The van der Waals surface area contributed by atoms with Crippen LogP contribution in [0.5, 0.6) is 0 Å². The average Bonchev–Trinajstić information content (AvgIpc) is 2.95. The van der Waals surface area contributed by atoms with E-state index in [0.717, 1.165) is 25.2 Å². The van der Waals surface area contributed by atoms with Crippen molar-refractivity contribution >= 4 is 5.97 Å². The van der Waals surface area contributed by atoms with Crippen molar-refractivity contribution in [3.05, 3.63) is 0 Å². The third kappa shape index (κ3) is 2.97. The van der Waals surface area contributed by atoms with E-state index < -0.39 is 0 Å². The van der Waals surface area contributed by atoms with Crippen LogP contribution < -0.4 is 5.32 Å². The number of nitrogens with one attached hydrogen (secondary N) is 1. The molecule has 0 radical (unpaired) electrons. The van der Waals surface area contributed by atoms with Gasteiger partial charge in [-0.2, -0.15) is 0 Å². The molecule has 4 atom stereocenters. The summed E-state index contributed by atoms with van der Waals surface area (Å²) in [5.74, 6) is 0.987. The summed E-state index contributed by atoms with van der Waals surface area (Å²) in [6.07, 6.45) is 5.67. The standard InChI is InChI=1S/C13H23NO2/c1-3-16-13(15)10-5-4-6-11(8-10)14-12-7-9(12)2/h9-12,14H,3-8H2,1-2H3. The topological polar surface area (TPSA) is 38.3 Å². The van der Waals surface area contributed by atoms with E-state index in [9.17, 15) is 4.79 Å². The van der Waals surface area contributed by atoms with Crippen LogP contribution in [0.25, 0.3) is 0 Å². The Morgan fingerprint density at radius 2 is 2.12 bits per heavy atom. The molecule has 0 aromatic rings. The first kappa shape index (κ1) is 11.9. The number of carbonyl (C=O) groups excluding carboxylic acids is 1. The van der Waals surface area contributed by atoms with Gasteiger partial charge in [0, 0.05) is 12.1 Å². The van der Waals surface area contributed by atoms with Crippen molar-refractivity contribution in [2.75, 3.05) is 6.61 Å². The highest BCUT2D eigenvalue weighted by Gasteiger charge is 2.36. The zero-order valence-corrected chi connectivity index (χ0v) is 10.4. The molecule has 0 saturated heterocycles. The highest BCUT2D eigenvalue weighted by molar-refractivity contribution is 5.72. The van der Waals surface area contributed by atoms with E-state index >= 15 is 0 Å². The van der Waals surface area contributed by atoms with Crippen LogP contribution in [0, 0.1) is 11.8 Å². The molecule has 1 N–H and O–H groups in total. The van der Waals surface area contributed by atoms with Crippen LogP contribution in [0.2, 0.25) is 0 Å². The highest BCUT2D eigenvalue weighted by atomic mass is 16.5. The SMILES string of the molecule is CCOC(=O)C1CCCC(NC2CC2C)C1. The van der Waals surface area contributed by atoms with Crippen molar-refractivity contribution in [2.24, 2.45) is 11.8 Å². The zero-order chi connectivity index (χ0) is 11.5. The normalized spacial score (nSPS) is 38.1. The van der Waals surface area contributed by atoms with Gasteiger partial charge in [-0.05, 0) is 38.5 Å². The number of esters is 1. The van der Waals surface area contributed by atoms with Crippen molar-refractivity contribution < 1.29 is 9.53 Å². The van der Waals surface area contributed by atoms with E-state index in [4.69, 9.17) is 4.74 Å². The van der Waals surface area contributed by atoms with E-state index in [2.05, 4.69) is 12.2 Å². The minimum absolute atomic E-state index is 0.0119. The molecule has 0 spiro atoms. The molecule has 4 unspecified atom stereocenters. The minimum atomic E-state index is 0.0119. The molecule has 2 saturated carbocycles. The van der Waals surface area contributed by atoms with Gasteiger partial charge in [-0.25, -0.2) is 0 Å². The van der Waals surface area contributed by atoms with Crippen molar-refractivity contribution in [1.82, 2.24) is 5.32 Å². The quantitative estimate of drug-likeness (QED) is 0.745. The van der Waals surface area contributed by atoms with Gasteiger partial charge in [0.05, 0.1) is 12.5 Å². The van der Waals surface area contributed by atoms with E-state index in [0.29, 0.717) is 18.7 Å². The van der Waals surface area contributed by atoms with Crippen LogP contribution >= 0.6 is 0 Å². The molecular weight excluding hydrogens is 202 g/mol. The fourth-order valence-corrected chi connectivity index (χ4v) is 2.67.